The van der Waals surface area contributed by atoms with E-state index < -0.39 is 11.6 Å². The molecule has 1 atom stereocenters. The monoisotopic (exact) mass is 399 g/mol. The number of amides is 4. The van der Waals surface area contributed by atoms with Crippen LogP contribution in [0.25, 0.3) is 0 Å². The average molecular weight is 400 g/mol. The van der Waals surface area contributed by atoms with Crippen molar-refractivity contribution < 1.29 is 14.4 Å². The van der Waals surface area contributed by atoms with Crippen molar-refractivity contribution in [3.8, 4) is 0 Å². The minimum atomic E-state index is -0.912. The van der Waals surface area contributed by atoms with Crippen molar-refractivity contribution in [1.82, 2.24) is 15.1 Å². The number of urea groups is 1. The summed E-state index contributed by atoms with van der Waals surface area (Å²) in [6.45, 7) is 4.01. The van der Waals surface area contributed by atoms with Crippen molar-refractivity contribution >= 4 is 40.8 Å². The van der Waals surface area contributed by atoms with Crippen molar-refractivity contribution in [2.24, 2.45) is 0 Å². The molecular weight excluding hydrogens is 374 g/mol. The Morgan fingerprint density at radius 3 is 2.65 bits per heavy atom. The van der Waals surface area contributed by atoms with Crippen molar-refractivity contribution in [2.75, 3.05) is 13.6 Å². The summed E-state index contributed by atoms with van der Waals surface area (Å²) in [6.07, 6.45) is 4.71. The molecule has 0 aromatic carbocycles. The lowest BCUT2D eigenvalue weighted by molar-refractivity contribution is -0.138. The molecular formula is C18H26ClN3O3S. The summed E-state index contributed by atoms with van der Waals surface area (Å²) >= 11 is 7.30. The smallest absolute Gasteiger partial charge is 0.325 e. The zero-order chi connectivity index (χ0) is 19.3. The summed E-state index contributed by atoms with van der Waals surface area (Å²) < 4.78 is 0.661. The lowest BCUT2D eigenvalue weighted by atomic mass is 9.94. The van der Waals surface area contributed by atoms with Gasteiger partial charge in [0.1, 0.15) is 12.1 Å². The lowest BCUT2D eigenvalue weighted by Gasteiger charge is -2.22. The minimum absolute atomic E-state index is 0.245. The van der Waals surface area contributed by atoms with Crippen LogP contribution in [0.3, 0.4) is 0 Å². The second-order valence-corrected chi connectivity index (χ2v) is 8.72. The number of thiophene rings is 1. The van der Waals surface area contributed by atoms with Crippen LogP contribution in [0.4, 0.5) is 4.79 Å². The molecule has 0 aliphatic carbocycles. The molecule has 6 nitrogen and oxygen atoms in total. The van der Waals surface area contributed by atoms with E-state index in [9.17, 15) is 14.4 Å². The Labute approximate surface area is 163 Å². The topological polar surface area (TPSA) is 69.7 Å². The zero-order valence-electron chi connectivity index (χ0n) is 15.5. The molecule has 1 aliphatic heterocycles. The normalized spacial score (nSPS) is 19.8. The van der Waals surface area contributed by atoms with Crippen LogP contribution in [0.15, 0.2) is 12.1 Å². The maximum Gasteiger partial charge on any atom is 0.325 e. The van der Waals surface area contributed by atoms with Crippen molar-refractivity contribution in [1.29, 1.82) is 0 Å². The van der Waals surface area contributed by atoms with E-state index in [1.165, 1.54) is 16.2 Å². The number of unbranched alkanes of at least 4 members (excludes halogenated alkanes) is 3. The van der Waals surface area contributed by atoms with Gasteiger partial charge >= 0.3 is 6.03 Å². The molecule has 144 valence electrons. The number of likely N-dealkylation sites (N-methyl/N-ethyl adjacent to an activating group) is 1. The Balaban J connectivity index is 1.92. The summed E-state index contributed by atoms with van der Waals surface area (Å²) in [7, 11) is 1.65. The van der Waals surface area contributed by atoms with E-state index in [4.69, 9.17) is 11.6 Å². The number of carbonyl (C=O) groups excluding carboxylic acids is 3. The summed E-state index contributed by atoms with van der Waals surface area (Å²) in [5.74, 6) is -0.604. The van der Waals surface area contributed by atoms with E-state index in [1.54, 1.807) is 20.0 Å². The lowest BCUT2D eigenvalue weighted by Crippen LogP contribution is -2.45. The molecule has 1 aromatic heterocycles. The van der Waals surface area contributed by atoms with Crippen LogP contribution in [0.1, 0.15) is 50.8 Å². The van der Waals surface area contributed by atoms with Crippen LogP contribution < -0.4 is 5.32 Å². The first-order valence-corrected chi connectivity index (χ1v) is 10.1. The van der Waals surface area contributed by atoms with Gasteiger partial charge in [-0.2, -0.15) is 0 Å². The molecule has 26 heavy (non-hydrogen) atoms. The van der Waals surface area contributed by atoms with Gasteiger partial charge in [-0.05, 0) is 25.5 Å². The molecule has 8 heteroatoms. The fraction of sp³-hybridized carbons (Fsp3) is 0.611. The van der Waals surface area contributed by atoms with Gasteiger partial charge in [0, 0.05) is 11.9 Å². The number of nitrogens with zero attached hydrogens (tertiary/aromatic N) is 2. The molecule has 1 fully saturated rings. The minimum Gasteiger partial charge on any atom is -0.339 e. The Bertz CT molecular complexity index is 678. The van der Waals surface area contributed by atoms with Crippen LogP contribution in [0.5, 0.6) is 0 Å². The first-order valence-electron chi connectivity index (χ1n) is 8.89. The molecule has 1 aromatic rings. The Morgan fingerprint density at radius 1 is 1.31 bits per heavy atom. The molecule has 2 heterocycles. The van der Waals surface area contributed by atoms with E-state index in [0.717, 1.165) is 35.5 Å². The second-order valence-electron chi connectivity index (χ2n) is 6.92. The number of hydrogen-bond acceptors (Lipinski definition) is 4. The van der Waals surface area contributed by atoms with Gasteiger partial charge < -0.3 is 10.2 Å². The van der Waals surface area contributed by atoms with Gasteiger partial charge in [0.05, 0.1) is 10.9 Å². The third-order valence-corrected chi connectivity index (χ3v) is 5.83. The Hall–Kier alpha value is -1.60. The van der Waals surface area contributed by atoms with E-state index in [-0.39, 0.29) is 18.4 Å². The van der Waals surface area contributed by atoms with Gasteiger partial charge in [-0.3, -0.25) is 14.5 Å². The summed E-state index contributed by atoms with van der Waals surface area (Å²) in [5, 5.41) is 2.76. The number of nitrogens with one attached hydrogen (secondary N) is 1. The van der Waals surface area contributed by atoms with Gasteiger partial charge in [0.25, 0.3) is 5.91 Å². The largest absolute Gasteiger partial charge is 0.339 e. The third kappa shape index (κ3) is 4.98. The summed E-state index contributed by atoms with van der Waals surface area (Å²) in [6, 6.07) is 3.15. The molecule has 2 rings (SSSR count). The molecule has 1 N–H and O–H groups in total. The van der Waals surface area contributed by atoms with Gasteiger partial charge in [-0.25, -0.2) is 4.79 Å². The van der Waals surface area contributed by atoms with Crippen molar-refractivity contribution in [3.05, 3.63) is 21.3 Å². The number of imide groups is 1. The SMILES string of the molecule is CCCCCCC1(C)NC(=O)N(CC(=O)N(C)Cc2ccc(Cl)s2)C1=O. The highest BCUT2D eigenvalue weighted by Gasteiger charge is 2.47. The third-order valence-electron chi connectivity index (χ3n) is 4.62. The van der Waals surface area contributed by atoms with Crippen LogP contribution in [-0.4, -0.2) is 46.8 Å². The van der Waals surface area contributed by atoms with Crippen molar-refractivity contribution in [3.63, 3.8) is 0 Å². The maximum atomic E-state index is 12.7. The van der Waals surface area contributed by atoms with Crippen LogP contribution >= 0.6 is 22.9 Å². The highest BCUT2D eigenvalue weighted by molar-refractivity contribution is 7.16. The first-order chi connectivity index (χ1) is 12.3. The van der Waals surface area contributed by atoms with Gasteiger partial charge in [0.2, 0.25) is 5.91 Å². The van der Waals surface area contributed by atoms with Crippen LogP contribution in [0.2, 0.25) is 4.34 Å². The molecule has 1 unspecified atom stereocenters. The van der Waals surface area contributed by atoms with Gasteiger partial charge in [-0.15, -0.1) is 11.3 Å². The predicted molar refractivity (Wildman–Crippen MR) is 103 cm³/mol. The standard InChI is InChI=1S/C18H26ClN3O3S/c1-4-5-6-7-10-18(2)16(24)22(17(25)20-18)12-15(23)21(3)11-13-8-9-14(19)26-13/h8-9H,4-7,10-12H2,1-3H3,(H,20,25). The van der Waals surface area contributed by atoms with Gasteiger partial charge in [-0.1, -0.05) is 44.2 Å². The first kappa shape index (κ1) is 20.7. The predicted octanol–water partition coefficient (Wildman–Crippen LogP) is 3.64. The molecule has 0 radical (unpaired) electrons. The van der Waals surface area contributed by atoms with Crippen molar-refractivity contribution in [2.45, 2.75) is 58.0 Å². The highest BCUT2D eigenvalue weighted by atomic mass is 35.5. The zero-order valence-corrected chi connectivity index (χ0v) is 17.1. The molecule has 4 amide bonds. The Morgan fingerprint density at radius 2 is 2.04 bits per heavy atom. The molecule has 1 saturated heterocycles. The average Bonchev–Trinajstić information content (AvgIpc) is 3.08. The van der Waals surface area contributed by atoms with Crippen LogP contribution in [0, 0.1) is 0 Å². The summed E-state index contributed by atoms with van der Waals surface area (Å²) in [4.78, 5) is 40.8. The highest BCUT2D eigenvalue weighted by Crippen LogP contribution is 2.25. The second kappa shape index (κ2) is 8.86. The number of rotatable bonds is 9. The molecule has 1 aliphatic rings. The molecule has 0 bridgehead atoms. The van der Waals surface area contributed by atoms with E-state index in [1.807, 2.05) is 6.07 Å². The quantitative estimate of drug-likeness (QED) is 0.509. The number of carbonyl (C=O) groups is 3. The van der Waals surface area contributed by atoms with E-state index >= 15 is 0 Å². The molecule has 0 spiro atoms. The van der Waals surface area contributed by atoms with E-state index in [0.29, 0.717) is 17.3 Å². The fourth-order valence-electron chi connectivity index (χ4n) is 2.98. The van der Waals surface area contributed by atoms with E-state index in [2.05, 4.69) is 12.2 Å². The number of hydrogen-bond donors (Lipinski definition) is 1. The maximum absolute atomic E-state index is 12.7. The number of halogens is 1. The Kier molecular flexibility index (Phi) is 7.06. The fourth-order valence-corrected chi connectivity index (χ4v) is 4.12. The van der Waals surface area contributed by atoms with Crippen LogP contribution in [-0.2, 0) is 16.1 Å². The summed E-state index contributed by atoms with van der Waals surface area (Å²) in [5.41, 5.74) is -0.912. The molecule has 0 saturated carbocycles. The van der Waals surface area contributed by atoms with Gasteiger partial charge in [0.15, 0.2) is 0 Å².